The normalized spacial score (nSPS) is 10.0. The maximum absolute atomic E-state index is 12.2. The van der Waals surface area contributed by atoms with Crippen molar-refractivity contribution < 1.29 is 9.53 Å². The Kier molecular flexibility index (Phi) is 3.39. The molecule has 17 heavy (non-hydrogen) atoms. The lowest BCUT2D eigenvalue weighted by Gasteiger charge is -2.05. The van der Waals surface area contributed by atoms with E-state index >= 15 is 0 Å². The minimum Gasteiger partial charge on any atom is -0.496 e. The van der Waals surface area contributed by atoms with Crippen LogP contribution in [-0.2, 0) is 0 Å². The van der Waals surface area contributed by atoms with Crippen LogP contribution in [0, 0.1) is 0 Å². The summed E-state index contributed by atoms with van der Waals surface area (Å²) in [6.07, 6.45) is 0. The van der Waals surface area contributed by atoms with Gasteiger partial charge < -0.3 is 10.1 Å². The summed E-state index contributed by atoms with van der Waals surface area (Å²) in [4.78, 5) is 16.4. The van der Waals surface area contributed by atoms with Gasteiger partial charge in [0.1, 0.15) is 11.4 Å². The molecule has 1 aromatic heterocycles. The molecule has 88 valence electrons. The molecule has 0 aliphatic rings. The van der Waals surface area contributed by atoms with E-state index in [2.05, 4.69) is 10.3 Å². The van der Waals surface area contributed by atoms with Gasteiger partial charge in [-0.25, -0.2) is 4.98 Å². The summed E-state index contributed by atoms with van der Waals surface area (Å²) in [6, 6.07) is 7.13. The van der Waals surface area contributed by atoms with E-state index in [1.54, 1.807) is 37.7 Å². The molecule has 0 aliphatic carbocycles. The number of para-hydroxylation sites is 1. The summed E-state index contributed by atoms with van der Waals surface area (Å²) in [5, 5.41) is 5.37. The van der Waals surface area contributed by atoms with E-state index in [-0.39, 0.29) is 5.78 Å². The van der Waals surface area contributed by atoms with Crippen LogP contribution in [-0.4, -0.2) is 24.9 Å². The van der Waals surface area contributed by atoms with Gasteiger partial charge in [0.25, 0.3) is 0 Å². The third-order valence-corrected chi connectivity index (χ3v) is 3.16. The third kappa shape index (κ3) is 2.29. The van der Waals surface area contributed by atoms with Crippen LogP contribution in [0.3, 0.4) is 0 Å². The van der Waals surface area contributed by atoms with Crippen molar-refractivity contribution in [2.24, 2.45) is 0 Å². The molecule has 0 atom stereocenters. The number of thiazole rings is 1. The Hall–Kier alpha value is -1.88. The van der Waals surface area contributed by atoms with E-state index in [0.29, 0.717) is 17.0 Å². The number of hydrogen-bond acceptors (Lipinski definition) is 5. The molecule has 0 spiro atoms. The van der Waals surface area contributed by atoms with Gasteiger partial charge in [-0.05, 0) is 12.1 Å². The number of nitrogens with zero attached hydrogens (tertiary/aromatic N) is 1. The van der Waals surface area contributed by atoms with Gasteiger partial charge in [-0.3, -0.25) is 4.79 Å². The van der Waals surface area contributed by atoms with Crippen molar-refractivity contribution in [3.63, 3.8) is 0 Å². The van der Waals surface area contributed by atoms with Crippen LogP contribution in [0.2, 0.25) is 0 Å². The van der Waals surface area contributed by atoms with Crippen molar-refractivity contribution >= 4 is 22.3 Å². The minimum atomic E-state index is -0.125. The highest BCUT2D eigenvalue weighted by atomic mass is 32.1. The second-order valence-electron chi connectivity index (χ2n) is 3.32. The van der Waals surface area contributed by atoms with Gasteiger partial charge in [-0.15, -0.1) is 11.3 Å². The molecule has 5 heteroatoms. The Balaban J connectivity index is 2.36. The van der Waals surface area contributed by atoms with Gasteiger partial charge in [-0.2, -0.15) is 0 Å². The zero-order valence-corrected chi connectivity index (χ0v) is 10.4. The van der Waals surface area contributed by atoms with Crippen molar-refractivity contribution in [2.75, 3.05) is 19.5 Å². The van der Waals surface area contributed by atoms with Crippen LogP contribution in [0.25, 0.3) is 0 Å². The first kappa shape index (κ1) is 11.6. The molecule has 2 rings (SSSR count). The molecule has 4 nitrogen and oxygen atoms in total. The predicted molar refractivity (Wildman–Crippen MR) is 68.1 cm³/mol. The van der Waals surface area contributed by atoms with Gasteiger partial charge in [0.05, 0.1) is 12.7 Å². The van der Waals surface area contributed by atoms with Crippen molar-refractivity contribution in [1.82, 2.24) is 4.98 Å². The largest absolute Gasteiger partial charge is 0.496 e. The summed E-state index contributed by atoms with van der Waals surface area (Å²) in [5.74, 6) is 0.441. The molecule has 1 N–H and O–H groups in total. The molecule has 0 radical (unpaired) electrons. The highest BCUT2D eigenvalue weighted by molar-refractivity contribution is 7.13. The zero-order valence-electron chi connectivity index (χ0n) is 9.56. The topological polar surface area (TPSA) is 51.2 Å². The van der Waals surface area contributed by atoms with Crippen LogP contribution in [0.1, 0.15) is 16.1 Å². The average Bonchev–Trinajstić information content (AvgIpc) is 2.86. The number of benzene rings is 1. The smallest absolute Gasteiger partial charge is 0.216 e. The molecule has 1 aromatic carbocycles. The molecule has 0 saturated heterocycles. The van der Waals surface area contributed by atoms with E-state index in [0.717, 1.165) is 5.13 Å². The number of ether oxygens (including phenoxy) is 1. The molecular weight excluding hydrogens is 236 g/mol. The lowest BCUT2D eigenvalue weighted by atomic mass is 10.1. The fourth-order valence-corrected chi connectivity index (χ4v) is 2.11. The molecule has 0 fully saturated rings. The van der Waals surface area contributed by atoms with E-state index in [9.17, 15) is 4.79 Å². The number of aromatic nitrogens is 1. The predicted octanol–water partition coefficient (Wildman–Crippen LogP) is 2.42. The van der Waals surface area contributed by atoms with Crippen LogP contribution >= 0.6 is 11.3 Å². The zero-order chi connectivity index (χ0) is 12.3. The summed E-state index contributed by atoms with van der Waals surface area (Å²) in [7, 11) is 3.32. The minimum absolute atomic E-state index is 0.125. The van der Waals surface area contributed by atoms with Crippen molar-refractivity contribution in [3.05, 3.63) is 40.9 Å². The summed E-state index contributed by atoms with van der Waals surface area (Å²) >= 11 is 1.40. The fraction of sp³-hybridized carbons (Fsp3) is 0.167. The third-order valence-electron chi connectivity index (χ3n) is 2.30. The first-order valence-electron chi connectivity index (χ1n) is 5.07. The first-order valence-corrected chi connectivity index (χ1v) is 5.95. The molecule has 0 aliphatic heterocycles. The Morgan fingerprint density at radius 2 is 2.18 bits per heavy atom. The number of hydrogen-bond donors (Lipinski definition) is 1. The lowest BCUT2D eigenvalue weighted by Crippen LogP contribution is -2.04. The van der Waals surface area contributed by atoms with Gasteiger partial charge in [0.15, 0.2) is 5.13 Å². The average molecular weight is 248 g/mol. The molecule has 0 saturated carbocycles. The van der Waals surface area contributed by atoms with Crippen LogP contribution in [0.15, 0.2) is 29.6 Å². The molecule has 1 heterocycles. The Morgan fingerprint density at radius 3 is 2.82 bits per heavy atom. The monoisotopic (exact) mass is 248 g/mol. The second-order valence-corrected chi connectivity index (χ2v) is 4.18. The Morgan fingerprint density at radius 1 is 1.41 bits per heavy atom. The Labute approximate surface area is 103 Å². The second kappa shape index (κ2) is 4.97. The van der Waals surface area contributed by atoms with Crippen molar-refractivity contribution in [1.29, 1.82) is 0 Å². The maximum atomic E-state index is 12.2. The van der Waals surface area contributed by atoms with Crippen molar-refractivity contribution in [3.8, 4) is 5.75 Å². The number of nitrogens with one attached hydrogen (secondary N) is 1. The first-order chi connectivity index (χ1) is 8.26. The van der Waals surface area contributed by atoms with Crippen molar-refractivity contribution in [2.45, 2.75) is 0 Å². The Bertz CT molecular complexity index is 537. The summed E-state index contributed by atoms with van der Waals surface area (Å²) in [5.41, 5.74) is 0.965. The van der Waals surface area contributed by atoms with Crippen LogP contribution in [0.5, 0.6) is 5.75 Å². The number of carbonyl (C=O) groups is 1. The highest BCUT2D eigenvalue weighted by Crippen LogP contribution is 2.23. The van der Waals surface area contributed by atoms with Gasteiger partial charge in [0.2, 0.25) is 5.78 Å². The highest BCUT2D eigenvalue weighted by Gasteiger charge is 2.16. The molecule has 0 bridgehead atoms. The lowest BCUT2D eigenvalue weighted by molar-refractivity contribution is 0.103. The van der Waals surface area contributed by atoms with Crippen LogP contribution < -0.4 is 10.1 Å². The fourth-order valence-electron chi connectivity index (χ4n) is 1.46. The molecule has 0 unspecified atom stereocenters. The SMILES string of the molecule is CNc1nc(C(=O)c2ccccc2OC)cs1. The van der Waals surface area contributed by atoms with E-state index < -0.39 is 0 Å². The van der Waals surface area contributed by atoms with Crippen LogP contribution in [0.4, 0.5) is 5.13 Å². The van der Waals surface area contributed by atoms with Gasteiger partial charge >= 0.3 is 0 Å². The number of carbonyl (C=O) groups excluding carboxylic acids is 1. The molecule has 2 aromatic rings. The van der Waals surface area contributed by atoms with E-state index in [1.807, 2.05) is 6.07 Å². The van der Waals surface area contributed by atoms with E-state index in [4.69, 9.17) is 4.74 Å². The maximum Gasteiger partial charge on any atom is 0.216 e. The quantitative estimate of drug-likeness (QED) is 0.844. The number of anilines is 1. The molecule has 0 amide bonds. The molecular formula is C12H12N2O2S. The van der Waals surface area contributed by atoms with Gasteiger partial charge in [0, 0.05) is 12.4 Å². The number of ketones is 1. The standard InChI is InChI=1S/C12H12N2O2S/c1-13-12-14-9(7-17-12)11(15)8-5-3-4-6-10(8)16-2/h3-7H,1-2H3,(H,13,14). The van der Waals surface area contributed by atoms with E-state index in [1.165, 1.54) is 11.3 Å². The summed E-state index contributed by atoms with van der Waals surface area (Å²) < 4.78 is 5.16. The summed E-state index contributed by atoms with van der Waals surface area (Å²) in [6.45, 7) is 0. The number of methoxy groups -OCH3 is 1. The number of rotatable bonds is 4. The van der Waals surface area contributed by atoms with Gasteiger partial charge in [-0.1, -0.05) is 12.1 Å².